The van der Waals surface area contributed by atoms with Crippen LogP contribution >= 0.6 is 11.3 Å². The molecule has 2 saturated heterocycles. The van der Waals surface area contributed by atoms with Crippen LogP contribution in [0.5, 0.6) is 0 Å². The van der Waals surface area contributed by atoms with Crippen molar-refractivity contribution < 1.29 is 31.9 Å². The number of hydrogen-bond donors (Lipinski definition) is 1. The van der Waals surface area contributed by atoms with Crippen LogP contribution in [0.1, 0.15) is 43.0 Å². The molecule has 3 aromatic rings. The summed E-state index contributed by atoms with van der Waals surface area (Å²) in [6.07, 6.45) is -0.672. The molecule has 2 aliphatic rings. The van der Waals surface area contributed by atoms with Crippen LogP contribution in [-0.4, -0.2) is 71.0 Å². The summed E-state index contributed by atoms with van der Waals surface area (Å²) in [5.41, 5.74) is -0.599. The summed E-state index contributed by atoms with van der Waals surface area (Å²) in [5.74, 6) is -2.86. The number of benzene rings is 1. The van der Waals surface area contributed by atoms with E-state index in [0.29, 0.717) is 42.8 Å². The maximum absolute atomic E-state index is 15.8. The normalized spacial score (nSPS) is 19.5. The van der Waals surface area contributed by atoms with Crippen LogP contribution in [-0.2, 0) is 17.5 Å². The van der Waals surface area contributed by atoms with Crippen molar-refractivity contribution in [2.75, 3.05) is 43.4 Å². The molecule has 0 bridgehead atoms. The molecule has 2 fully saturated rings. The van der Waals surface area contributed by atoms with Gasteiger partial charge in [-0.25, -0.2) is 18.7 Å². The van der Waals surface area contributed by atoms with Crippen molar-refractivity contribution in [2.24, 2.45) is 0 Å². The third-order valence-corrected chi connectivity index (χ3v) is 9.08. The van der Waals surface area contributed by atoms with Gasteiger partial charge >= 0.3 is 6.18 Å². The van der Waals surface area contributed by atoms with E-state index in [2.05, 4.69) is 27.1 Å². The van der Waals surface area contributed by atoms with Crippen molar-refractivity contribution >= 4 is 33.9 Å². The molecule has 0 saturated carbocycles. The lowest BCUT2D eigenvalue weighted by Gasteiger charge is -2.25. The first kappa shape index (κ1) is 31.1. The smallest absolute Gasteiger partial charge is 0.416 e. The molecule has 5 rings (SSSR count). The predicted octanol–water partition coefficient (Wildman–Crippen LogP) is 4.88. The lowest BCUT2D eigenvalue weighted by Crippen LogP contribution is -2.37. The highest BCUT2D eigenvalue weighted by Gasteiger charge is 2.33. The van der Waals surface area contributed by atoms with Gasteiger partial charge in [-0.15, -0.1) is 0 Å². The Morgan fingerprint density at radius 3 is 2.70 bits per heavy atom. The lowest BCUT2D eigenvalue weighted by molar-refractivity contribution is -0.305. The summed E-state index contributed by atoms with van der Waals surface area (Å²) in [6.45, 7) is 4.67. The zero-order valence-electron chi connectivity index (χ0n) is 23.8. The third kappa shape index (κ3) is 7.24. The predicted molar refractivity (Wildman–Crippen MR) is 152 cm³/mol. The number of aliphatic carboxylic acids is 1. The number of halogens is 5. The zero-order valence-corrected chi connectivity index (χ0v) is 24.6. The van der Waals surface area contributed by atoms with E-state index >= 15 is 4.39 Å². The van der Waals surface area contributed by atoms with E-state index in [0.717, 1.165) is 37.9 Å². The molecular weight excluding hydrogens is 591 g/mol. The van der Waals surface area contributed by atoms with Crippen LogP contribution < -0.4 is 15.3 Å². The minimum Gasteiger partial charge on any atom is -0.550 e. The van der Waals surface area contributed by atoms with Crippen LogP contribution in [0.25, 0.3) is 11.3 Å². The fourth-order valence-corrected chi connectivity index (χ4v) is 6.69. The quantitative estimate of drug-likeness (QED) is 0.320. The average Bonchev–Trinajstić information content (AvgIpc) is 3.69. The number of likely N-dealkylation sites (N-methyl/N-ethyl adjacent to an activating group) is 1. The summed E-state index contributed by atoms with van der Waals surface area (Å²) in [5, 5.41) is 14.0. The van der Waals surface area contributed by atoms with Crippen molar-refractivity contribution in [1.82, 2.24) is 19.8 Å². The summed E-state index contributed by atoms with van der Waals surface area (Å²) < 4.78 is 70.6. The Morgan fingerprint density at radius 1 is 1.21 bits per heavy atom. The first-order valence-corrected chi connectivity index (χ1v) is 14.9. The van der Waals surface area contributed by atoms with Gasteiger partial charge in [0.2, 0.25) is 0 Å². The molecular formula is C29H32F5N6O2S-. The third-order valence-electron chi connectivity index (χ3n) is 8.12. The summed E-state index contributed by atoms with van der Waals surface area (Å²) in [4.78, 5) is 26.1. The number of anilines is 3. The molecule has 0 spiro atoms. The molecule has 14 heteroatoms. The topological polar surface area (TPSA) is 87.7 Å². The minimum absolute atomic E-state index is 0.00781. The van der Waals surface area contributed by atoms with Crippen LogP contribution in [0.15, 0.2) is 30.5 Å². The maximum Gasteiger partial charge on any atom is 0.416 e. The second kappa shape index (κ2) is 12.7. The SMILES string of the molecule is C[C@@H]1CCCN1Cc1sc(Nc2nccc(N3CC[C@H](N(C)CCC(=O)[O-])C3)c2F)nc1-c1cc(F)cc(C(F)(F)F)c1. The van der Waals surface area contributed by atoms with Gasteiger partial charge in [0.05, 0.1) is 16.9 Å². The number of likely N-dealkylation sites (tertiary alicyclic amines) is 1. The van der Waals surface area contributed by atoms with E-state index in [1.54, 1.807) is 6.07 Å². The molecule has 1 N–H and O–H groups in total. The van der Waals surface area contributed by atoms with E-state index < -0.39 is 29.3 Å². The van der Waals surface area contributed by atoms with Crippen molar-refractivity contribution in [3.8, 4) is 11.3 Å². The van der Waals surface area contributed by atoms with Crippen molar-refractivity contribution in [2.45, 2.75) is 57.4 Å². The van der Waals surface area contributed by atoms with E-state index in [1.807, 2.05) is 16.8 Å². The molecule has 1 aromatic carbocycles. The van der Waals surface area contributed by atoms with Gasteiger partial charge in [-0.2, -0.15) is 13.2 Å². The largest absolute Gasteiger partial charge is 0.550 e. The van der Waals surface area contributed by atoms with Crippen molar-refractivity contribution in [3.05, 3.63) is 52.5 Å². The standard InChI is InChI=1S/C29H33F5N6O2S/c1-17-4-3-9-39(17)16-23-26(18-12-19(29(32,33)34)14-20(30)13-18)36-28(43-23)37-27-25(31)22(5-8-35-27)40-11-6-21(15-40)38(2)10-7-24(41)42/h5,8,12-14,17,21H,3-4,6-7,9-11,15-16H2,1-2H3,(H,41,42)(H,35,36,37)/p-1/t17-,21+/m1/s1. The Balaban J connectivity index is 1.41. The van der Waals surface area contributed by atoms with Gasteiger partial charge in [-0.05, 0) is 70.5 Å². The van der Waals surface area contributed by atoms with Gasteiger partial charge < -0.3 is 25.0 Å². The number of pyridine rings is 1. The van der Waals surface area contributed by atoms with Crippen LogP contribution in [0, 0.1) is 11.6 Å². The average molecular weight is 624 g/mol. The van der Waals surface area contributed by atoms with Gasteiger partial charge in [0.25, 0.3) is 0 Å². The minimum atomic E-state index is -4.73. The maximum atomic E-state index is 15.8. The number of carboxylic acids is 1. The first-order chi connectivity index (χ1) is 20.4. The Morgan fingerprint density at radius 2 is 2.00 bits per heavy atom. The van der Waals surface area contributed by atoms with Crippen LogP contribution in [0.2, 0.25) is 0 Å². The molecule has 0 radical (unpaired) electrons. The molecule has 8 nitrogen and oxygen atoms in total. The monoisotopic (exact) mass is 623 g/mol. The number of carboxylic acid groups (broad SMARTS) is 1. The lowest BCUT2D eigenvalue weighted by atomic mass is 10.1. The Kier molecular flexibility index (Phi) is 9.18. The molecule has 4 heterocycles. The number of thiazole rings is 1. The molecule has 0 unspecified atom stereocenters. The number of aromatic nitrogens is 2. The van der Waals surface area contributed by atoms with E-state index in [4.69, 9.17) is 0 Å². The van der Waals surface area contributed by atoms with E-state index in [1.165, 1.54) is 17.5 Å². The van der Waals surface area contributed by atoms with Gasteiger partial charge in [0, 0.05) is 60.9 Å². The summed E-state index contributed by atoms with van der Waals surface area (Å²) in [6, 6.07) is 4.22. The summed E-state index contributed by atoms with van der Waals surface area (Å²) >= 11 is 1.17. The number of nitrogens with one attached hydrogen (secondary N) is 1. The molecule has 2 aromatic heterocycles. The van der Waals surface area contributed by atoms with E-state index in [-0.39, 0.29) is 40.7 Å². The highest BCUT2D eigenvalue weighted by molar-refractivity contribution is 7.16. The fourth-order valence-electron chi connectivity index (χ4n) is 5.68. The summed E-state index contributed by atoms with van der Waals surface area (Å²) in [7, 11) is 1.82. The Bertz CT molecular complexity index is 1470. The second-order valence-corrected chi connectivity index (χ2v) is 12.2. The number of rotatable bonds is 10. The van der Waals surface area contributed by atoms with Gasteiger partial charge in [0.1, 0.15) is 5.82 Å². The van der Waals surface area contributed by atoms with Crippen LogP contribution in [0.3, 0.4) is 0 Å². The number of carbonyl (C=O) groups is 1. The van der Waals surface area contributed by atoms with Gasteiger partial charge in [-0.3, -0.25) is 4.90 Å². The van der Waals surface area contributed by atoms with Crippen LogP contribution in [0.4, 0.5) is 38.6 Å². The zero-order chi connectivity index (χ0) is 30.9. The Labute approximate surface area is 250 Å². The molecule has 2 atom stereocenters. The molecule has 43 heavy (non-hydrogen) atoms. The van der Waals surface area contributed by atoms with Crippen molar-refractivity contribution in [3.63, 3.8) is 0 Å². The molecule has 2 aliphatic heterocycles. The first-order valence-electron chi connectivity index (χ1n) is 14.1. The van der Waals surface area contributed by atoms with Gasteiger partial charge in [-0.1, -0.05) is 11.3 Å². The molecule has 0 amide bonds. The van der Waals surface area contributed by atoms with E-state index in [9.17, 15) is 27.5 Å². The number of hydrogen-bond acceptors (Lipinski definition) is 9. The molecule has 232 valence electrons. The second-order valence-electron chi connectivity index (χ2n) is 11.1. The van der Waals surface area contributed by atoms with Crippen molar-refractivity contribution in [1.29, 1.82) is 0 Å². The number of carbonyl (C=O) groups excluding carboxylic acids is 1. The Hall–Kier alpha value is -3.36. The molecule has 0 aliphatic carbocycles. The van der Waals surface area contributed by atoms with Gasteiger partial charge in [0.15, 0.2) is 16.8 Å². The highest BCUT2D eigenvalue weighted by atomic mass is 32.1. The number of alkyl halides is 3. The number of nitrogens with zero attached hydrogens (tertiary/aromatic N) is 5. The fraction of sp³-hybridized carbons (Fsp3) is 0.483. The highest BCUT2D eigenvalue weighted by Crippen LogP contribution is 2.39.